The molecule has 114 valence electrons. The number of halogens is 1. The summed E-state index contributed by atoms with van der Waals surface area (Å²) in [5.41, 5.74) is 12.0. The van der Waals surface area contributed by atoms with Crippen LogP contribution in [-0.2, 0) is 12.8 Å². The molecule has 3 N–H and O–H groups in total. The Bertz CT molecular complexity index is 755. The van der Waals surface area contributed by atoms with Crippen LogP contribution in [0.15, 0.2) is 12.1 Å². The molecule has 1 unspecified atom stereocenters. The van der Waals surface area contributed by atoms with Gasteiger partial charge in [0.2, 0.25) is 0 Å². The van der Waals surface area contributed by atoms with E-state index < -0.39 is 0 Å². The van der Waals surface area contributed by atoms with Crippen molar-refractivity contribution in [3.8, 4) is 0 Å². The smallest absolute Gasteiger partial charge is 0.136 e. The first-order chi connectivity index (χ1) is 10.5. The number of aryl methyl sites for hydroxylation is 2. The number of benzene rings is 1. The molecule has 22 heavy (non-hydrogen) atoms. The Morgan fingerprint density at radius 3 is 2.82 bits per heavy atom. The third-order valence-electron chi connectivity index (χ3n) is 4.43. The molecule has 0 saturated carbocycles. The average molecular weight is 315 g/mol. The Morgan fingerprint density at radius 1 is 1.32 bits per heavy atom. The van der Waals surface area contributed by atoms with Crippen LogP contribution in [0.3, 0.4) is 0 Å². The van der Waals surface area contributed by atoms with Gasteiger partial charge in [0.25, 0.3) is 0 Å². The van der Waals surface area contributed by atoms with Crippen molar-refractivity contribution in [2.24, 2.45) is 0 Å². The zero-order valence-electron chi connectivity index (χ0n) is 12.8. The Morgan fingerprint density at radius 2 is 2.09 bits per heavy atom. The van der Waals surface area contributed by atoms with E-state index in [1.165, 1.54) is 17.3 Å². The summed E-state index contributed by atoms with van der Waals surface area (Å²) in [5.74, 6) is 1.03. The zero-order chi connectivity index (χ0) is 15.9. The molecule has 1 heterocycles. The van der Waals surface area contributed by atoms with Gasteiger partial charge in [-0.2, -0.15) is 0 Å². The third kappa shape index (κ3) is 2.48. The van der Waals surface area contributed by atoms with Crippen molar-refractivity contribution in [1.29, 1.82) is 5.41 Å². The van der Waals surface area contributed by atoms with Crippen LogP contribution in [0.4, 0.5) is 5.69 Å². The lowest BCUT2D eigenvalue weighted by atomic mass is 9.79. The fourth-order valence-electron chi connectivity index (χ4n) is 3.40. The number of nitrogen functional groups attached to an aromatic ring is 1. The van der Waals surface area contributed by atoms with Crippen molar-refractivity contribution < 1.29 is 0 Å². The summed E-state index contributed by atoms with van der Waals surface area (Å²) in [6.07, 6.45) is 4.03. The van der Waals surface area contributed by atoms with Crippen LogP contribution in [0.5, 0.6) is 0 Å². The minimum absolute atomic E-state index is 0.318. The number of hydrogen-bond acceptors (Lipinski definition) is 4. The molecule has 2 aromatic rings. The molecule has 0 aliphatic heterocycles. The monoisotopic (exact) mass is 314 g/mol. The highest BCUT2D eigenvalue weighted by atomic mass is 35.5. The number of anilines is 1. The van der Waals surface area contributed by atoms with Gasteiger partial charge in [-0.25, -0.2) is 9.97 Å². The molecular weight excluding hydrogens is 296 g/mol. The highest BCUT2D eigenvalue weighted by Crippen LogP contribution is 2.37. The van der Waals surface area contributed by atoms with Crippen LogP contribution in [0.2, 0.25) is 5.15 Å². The van der Waals surface area contributed by atoms with E-state index >= 15 is 0 Å². The van der Waals surface area contributed by atoms with Gasteiger partial charge in [0.1, 0.15) is 11.0 Å². The molecule has 3 rings (SSSR count). The maximum absolute atomic E-state index is 7.70. The normalized spacial score (nSPS) is 17.1. The Labute approximate surface area is 135 Å². The van der Waals surface area contributed by atoms with Gasteiger partial charge in [0, 0.05) is 28.7 Å². The van der Waals surface area contributed by atoms with E-state index in [1.807, 2.05) is 19.1 Å². The molecule has 0 spiro atoms. The molecular formula is C17H19ClN4. The Kier molecular flexibility index (Phi) is 3.87. The fraction of sp³-hybridized carbons (Fsp3) is 0.353. The topological polar surface area (TPSA) is 75.7 Å². The van der Waals surface area contributed by atoms with Gasteiger partial charge in [-0.3, -0.25) is 0 Å². The second-order valence-electron chi connectivity index (χ2n) is 5.87. The summed E-state index contributed by atoms with van der Waals surface area (Å²) < 4.78 is 0. The SMILES string of the molecule is Cc1nc(Cl)c2c(n1)CC(c1c(C)ccc(N)c1C=N)CC2. The molecule has 5 heteroatoms. The van der Waals surface area contributed by atoms with E-state index in [1.54, 1.807) is 0 Å². The number of hydrogen-bond donors (Lipinski definition) is 2. The predicted molar refractivity (Wildman–Crippen MR) is 90.0 cm³/mol. The minimum Gasteiger partial charge on any atom is -0.398 e. The van der Waals surface area contributed by atoms with Gasteiger partial charge in [-0.15, -0.1) is 0 Å². The lowest BCUT2D eigenvalue weighted by Gasteiger charge is -2.27. The van der Waals surface area contributed by atoms with Crippen molar-refractivity contribution >= 4 is 23.5 Å². The number of aromatic nitrogens is 2. The summed E-state index contributed by atoms with van der Waals surface area (Å²) in [7, 11) is 0. The van der Waals surface area contributed by atoms with Crippen molar-refractivity contribution in [2.45, 2.75) is 39.0 Å². The van der Waals surface area contributed by atoms with Crippen LogP contribution in [0.25, 0.3) is 0 Å². The van der Waals surface area contributed by atoms with Crippen molar-refractivity contribution in [2.75, 3.05) is 5.73 Å². The molecule has 4 nitrogen and oxygen atoms in total. The standard InChI is InChI=1S/C17H19ClN4/c1-9-3-6-14(20)13(8-19)16(9)11-4-5-12-15(7-11)21-10(2)22-17(12)18/h3,6,8,11,19H,4-5,7,20H2,1-2H3. The fourth-order valence-corrected chi connectivity index (χ4v) is 3.72. The molecule has 0 bridgehead atoms. The molecule has 1 aromatic heterocycles. The molecule has 0 saturated heterocycles. The van der Waals surface area contributed by atoms with Crippen LogP contribution in [0, 0.1) is 19.3 Å². The van der Waals surface area contributed by atoms with Gasteiger partial charge in [0.05, 0.1) is 0 Å². The van der Waals surface area contributed by atoms with E-state index in [-0.39, 0.29) is 0 Å². The van der Waals surface area contributed by atoms with E-state index in [0.29, 0.717) is 22.6 Å². The second-order valence-corrected chi connectivity index (χ2v) is 6.23. The predicted octanol–water partition coefficient (Wildman–Crippen LogP) is 3.60. The summed E-state index contributed by atoms with van der Waals surface area (Å²) in [4.78, 5) is 8.82. The summed E-state index contributed by atoms with van der Waals surface area (Å²) >= 11 is 6.25. The Hall–Kier alpha value is -1.94. The number of nitrogens with two attached hydrogens (primary N) is 1. The third-order valence-corrected chi connectivity index (χ3v) is 4.74. The van der Waals surface area contributed by atoms with Gasteiger partial charge in [-0.05, 0) is 56.2 Å². The van der Waals surface area contributed by atoms with Crippen molar-refractivity contribution in [1.82, 2.24) is 9.97 Å². The van der Waals surface area contributed by atoms with Gasteiger partial charge in [0.15, 0.2) is 0 Å². The molecule has 1 aliphatic rings. The quantitative estimate of drug-likeness (QED) is 0.505. The molecule has 0 radical (unpaired) electrons. The lowest BCUT2D eigenvalue weighted by Crippen LogP contribution is -2.19. The van der Waals surface area contributed by atoms with Crippen LogP contribution in [-0.4, -0.2) is 16.2 Å². The maximum atomic E-state index is 7.70. The number of rotatable bonds is 2. The molecule has 1 aromatic carbocycles. The first-order valence-corrected chi connectivity index (χ1v) is 7.80. The van der Waals surface area contributed by atoms with E-state index in [2.05, 4.69) is 16.9 Å². The summed E-state index contributed by atoms with van der Waals surface area (Å²) in [6.45, 7) is 3.94. The molecule has 1 aliphatic carbocycles. The highest BCUT2D eigenvalue weighted by molar-refractivity contribution is 6.30. The Balaban J connectivity index is 2.06. The minimum atomic E-state index is 0.318. The number of nitrogens with zero attached hydrogens (tertiary/aromatic N) is 2. The summed E-state index contributed by atoms with van der Waals surface area (Å²) in [5, 5.41) is 8.28. The first-order valence-electron chi connectivity index (χ1n) is 7.42. The number of nitrogens with one attached hydrogen (secondary N) is 1. The lowest BCUT2D eigenvalue weighted by molar-refractivity contribution is 0.565. The molecule has 0 amide bonds. The average Bonchev–Trinajstić information content (AvgIpc) is 2.48. The first kappa shape index (κ1) is 15.0. The van der Waals surface area contributed by atoms with Gasteiger partial charge >= 0.3 is 0 Å². The largest absolute Gasteiger partial charge is 0.398 e. The zero-order valence-corrected chi connectivity index (χ0v) is 13.5. The van der Waals surface area contributed by atoms with Gasteiger partial charge < -0.3 is 11.1 Å². The van der Waals surface area contributed by atoms with Crippen molar-refractivity contribution in [3.05, 3.63) is 51.1 Å². The number of fused-ring (bicyclic) bond motifs is 1. The van der Waals surface area contributed by atoms with E-state index in [0.717, 1.165) is 36.1 Å². The highest BCUT2D eigenvalue weighted by Gasteiger charge is 2.27. The van der Waals surface area contributed by atoms with Crippen LogP contribution >= 0.6 is 11.6 Å². The van der Waals surface area contributed by atoms with Gasteiger partial charge in [-0.1, -0.05) is 17.7 Å². The van der Waals surface area contributed by atoms with E-state index in [9.17, 15) is 0 Å². The second kappa shape index (κ2) is 5.69. The van der Waals surface area contributed by atoms with Crippen LogP contribution < -0.4 is 5.73 Å². The summed E-state index contributed by atoms with van der Waals surface area (Å²) in [6, 6.07) is 3.91. The van der Waals surface area contributed by atoms with Crippen molar-refractivity contribution in [3.63, 3.8) is 0 Å². The maximum Gasteiger partial charge on any atom is 0.136 e. The molecule has 0 fully saturated rings. The van der Waals surface area contributed by atoms with E-state index in [4.69, 9.17) is 22.7 Å². The van der Waals surface area contributed by atoms with Crippen LogP contribution in [0.1, 0.15) is 46.1 Å². The molecule has 1 atom stereocenters.